The molecule has 1 saturated carbocycles. The van der Waals surface area contributed by atoms with Gasteiger partial charge in [-0.1, -0.05) is 13.8 Å². The van der Waals surface area contributed by atoms with Crippen LogP contribution in [0.25, 0.3) is 0 Å². The van der Waals surface area contributed by atoms with E-state index in [2.05, 4.69) is 24.1 Å². The predicted molar refractivity (Wildman–Crippen MR) is 76.2 cm³/mol. The number of carbonyl (C=O) groups is 1. The summed E-state index contributed by atoms with van der Waals surface area (Å²) in [6, 6.07) is 1.08. The second kappa shape index (κ2) is 5.80. The first kappa shape index (κ1) is 14.8. The third kappa shape index (κ3) is 2.79. The highest BCUT2D eigenvalue weighted by atomic mass is 16.4. The lowest BCUT2D eigenvalue weighted by Gasteiger charge is -2.43. The van der Waals surface area contributed by atoms with Crippen molar-refractivity contribution in [2.24, 2.45) is 5.92 Å². The molecule has 110 valence electrons. The minimum absolute atomic E-state index is 0.437. The molecule has 2 aliphatic rings. The van der Waals surface area contributed by atoms with Gasteiger partial charge >= 0.3 is 5.97 Å². The number of nitrogens with one attached hydrogen (secondary N) is 1. The van der Waals surface area contributed by atoms with E-state index in [-0.39, 0.29) is 0 Å². The maximum absolute atomic E-state index is 11.6. The Kier molecular flexibility index (Phi) is 4.51. The topological polar surface area (TPSA) is 52.6 Å². The van der Waals surface area contributed by atoms with Gasteiger partial charge in [0.1, 0.15) is 5.54 Å². The fourth-order valence-corrected chi connectivity index (χ4v) is 4.04. The van der Waals surface area contributed by atoms with Gasteiger partial charge in [0.2, 0.25) is 0 Å². The number of carboxylic acid groups (broad SMARTS) is 1. The van der Waals surface area contributed by atoms with Gasteiger partial charge in [0.05, 0.1) is 0 Å². The smallest absolute Gasteiger partial charge is 0.323 e. The maximum Gasteiger partial charge on any atom is 0.323 e. The number of hydrogen-bond donors (Lipinski definition) is 2. The Labute approximate surface area is 116 Å². The molecule has 0 spiro atoms. The highest BCUT2D eigenvalue weighted by molar-refractivity contribution is 5.79. The van der Waals surface area contributed by atoms with Gasteiger partial charge in [-0.15, -0.1) is 0 Å². The summed E-state index contributed by atoms with van der Waals surface area (Å²) in [5.74, 6) is -0.0155. The predicted octanol–water partition coefficient (Wildman–Crippen LogP) is 2.09. The third-order valence-corrected chi connectivity index (χ3v) is 5.19. The Hall–Kier alpha value is -0.610. The van der Waals surface area contributed by atoms with Gasteiger partial charge in [-0.25, -0.2) is 0 Å². The summed E-state index contributed by atoms with van der Waals surface area (Å²) in [4.78, 5) is 14.2. The first-order chi connectivity index (χ1) is 9.00. The van der Waals surface area contributed by atoms with E-state index >= 15 is 0 Å². The molecule has 3 unspecified atom stereocenters. The average molecular weight is 268 g/mol. The van der Waals surface area contributed by atoms with Crippen molar-refractivity contribution in [3.05, 3.63) is 0 Å². The van der Waals surface area contributed by atoms with E-state index in [0.29, 0.717) is 18.0 Å². The third-order valence-electron chi connectivity index (χ3n) is 5.19. The van der Waals surface area contributed by atoms with Crippen molar-refractivity contribution in [3.63, 3.8) is 0 Å². The number of likely N-dealkylation sites (tertiary alicyclic amines) is 1. The minimum atomic E-state index is -0.701. The van der Waals surface area contributed by atoms with E-state index in [1.165, 1.54) is 12.8 Å². The lowest BCUT2D eigenvalue weighted by molar-refractivity contribution is -0.147. The second-order valence-corrected chi connectivity index (χ2v) is 6.58. The molecular weight excluding hydrogens is 240 g/mol. The molecule has 1 saturated heterocycles. The lowest BCUT2D eigenvalue weighted by Crippen LogP contribution is -2.58. The summed E-state index contributed by atoms with van der Waals surface area (Å²) in [5, 5.41) is 12.6. The number of hydrogen-bond acceptors (Lipinski definition) is 3. The molecule has 19 heavy (non-hydrogen) atoms. The van der Waals surface area contributed by atoms with Gasteiger partial charge < -0.3 is 10.4 Å². The van der Waals surface area contributed by atoms with Crippen molar-refractivity contribution >= 4 is 5.97 Å². The Morgan fingerprint density at radius 1 is 1.37 bits per heavy atom. The minimum Gasteiger partial charge on any atom is -0.480 e. The van der Waals surface area contributed by atoms with Crippen molar-refractivity contribution in [1.82, 2.24) is 10.2 Å². The molecular formula is C15H28N2O2. The number of nitrogens with zero attached hydrogens (tertiary/aromatic N) is 1. The Bertz CT molecular complexity index is 332. The van der Waals surface area contributed by atoms with E-state index in [0.717, 1.165) is 32.2 Å². The van der Waals surface area contributed by atoms with Crippen molar-refractivity contribution in [2.45, 2.75) is 70.0 Å². The number of rotatable bonds is 4. The summed E-state index contributed by atoms with van der Waals surface area (Å²) >= 11 is 0. The first-order valence-electron chi connectivity index (χ1n) is 7.68. The van der Waals surface area contributed by atoms with Crippen LogP contribution in [-0.4, -0.2) is 47.2 Å². The molecule has 0 radical (unpaired) electrons. The van der Waals surface area contributed by atoms with E-state index in [1.807, 2.05) is 0 Å². The van der Waals surface area contributed by atoms with E-state index in [9.17, 15) is 9.90 Å². The fraction of sp³-hybridized carbons (Fsp3) is 0.933. The molecule has 0 amide bonds. The highest BCUT2D eigenvalue weighted by Crippen LogP contribution is 2.36. The van der Waals surface area contributed by atoms with Crippen molar-refractivity contribution in [2.75, 3.05) is 13.6 Å². The summed E-state index contributed by atoms with van der Waals surface area (Å²) in [5.41, 5.74) is -0.701. The van der Waals surface area contributed by atoms with E-state index < -0.39 is 11.5 Å². The highest BCUT2D eigenvalue weighted by Gasteiger charge is 2.45. The van der Waals surface area contributed by atoms with Crippen LogP contribution < -0.4 is 5.32 Å². The van der Waals surface area contributed by atoms with Gasteiger partial charge in [-0.2, -0.15) is 0 Å². The fourth-order valence-electron chi connectivity index (χ4n) is 4.04. The zero-order valence-electron chi connectivity index (χ0n) is 12.5. The van der Waals surface area contributed by atoms with Crippen LogP contribution in [0.1, 0.15) is 52.4 Å². The molecule has 2 rings (SSSR count). The zero-order valence-corrected chi connectivity index (χ0v) is 12.5. The van der Waals surface area contributed by atoms with Crippen LogP contribution in [0, 0.1) is 5.92 Å². The van der Waals surface area contributed by atoms with Crippen LogP contribution in [0.2, 0.25) is 0 Å². The van der Waals surface area contributed by atoms with Gasteiger partial charge in [-0.3, -0.25) is 9.69 Å². The van der Waals surface area contributed by atoms with Crippen molar-refractivity contribution in [3.8, 4) is 0 Å². The Morgan fingerprint density at radius 3 is 2.68 bits per heavy atom. The lowest BCUT2D eigenvalue weighted by atomic mass is 9.78. The summed E-state index contributed by atoms with van der Waals surface area (Å²) in [6.45, 7) is 5.72. The Balaban J connectivity index is 2.10. The molecule has 1 heterocycles. The SMILES string of the molecule is CNC1(C(=O)O)CCCC(N2CCCC2C(C)C)C1. The number of carboxylic acids is 1. The maximum atomic E-state index is 11.6. The quantitative estimate of drug-likeness (QED) is 0.820. The number of likely N-dealkylation sites (N-methyl/N-ethyl adjacent to an activating group) is 1. The van der Waals surface area contributed by atoms with Gasteiger partial charge in [0.25, 0.3) is 0 Å². The molecule has 2 fully saturated rings. The zero-order chi connectivity index (χ0) is 14.0. The molecule has 4 heteroatoms. The van der Waals surface area contributed by atoms with Crippen LogP contribution in [0.4, 0.5) is 0 Å². The Morgan fingerprint density at radius 2 is 2.11 bits per heavy atom. The van der Waals surface area contributed by atoms with Crippen LogP contribution in [0.15, 0.2) is 0 Å². The molecule has 0 aromatic rings. The average Bonchev–Trinajstić information content (AvgIpc) is 2.88. The van der Waals surface area contributed by atoms with Crippen LogP contribution in [-0.2, 0) is 4.79 Å². The molecule has 1 aliphatic heterocycles. The van der Waals surface area contributed by atoms with Crippen molar-refractivity contribution < 1.29 is 9.90 Å². The largest absolute Gasteiger partial charge is 0.480 e. The molecule has 1 aliphatic carbocycles. The molecule has 4 nitrogen and oxygen atoms in total. The van der Waals surface area contributed by atoms with Crippen molar-refractivity contribution in [1.29, 1.82) is 0 Å². The van der Waals surface area contributed by atoms with Gasteiger partial charge in [0, 0.05) is 12.1 Å². The van der Waals surface area contributed by atoms with E-state index in [4.69, 9.17) is 0 Å². The standard InChI is InChI=1S/C15H28N2O2/c1-11(2)13-7-5-9-17(13)12-6-4-8-15(10-12,16-3)14(18)19/h11-13,16H,4-10H2,1-3H3,(H,18,19). The first-order valence-corrected chi connectivity index (χ1v) is 7.68. The van der Waals surface area contributed by atoms with Crippen LogP contribution in [0.5, 0.6) is 0 Å². The normalized spacial score (nSPS) is 36.8. The molecule has 2 N–H and O–H groups in total. The molecule has 0 aromatic carbocycles. The van der Waals surface area contributed by atoms with Gasteiger partial charge in [0.15, 0.2) is 0 Å². The summed E-state index contributed by atoms with van der Waals surface area (Å²) in [7, 11) is 1.79. The monoisotopic (exact) mass is 268 g/mol. The molecule has 0 aromatic heterocycles. The van der Waals surface area contributed by atoms with Crippen LogP contribution in [0.3, 0.4) is 0 Å². The second-order valence-electron chi connectivity index (χ2n) is 6.58. The number of aliphatic carboxylic acids is 1. The van der Waals surface area contributed by atoms with Crippen LogP contribution >= 0.6 is 0 Å². The summed E-state index contributed by atoms with van der Waals surface area (Å²) < 4.78 is 0. The molecule has 0 bridgehead atoms. The van der Waals surface area contributed by atoms with Gasteiger partial charge in [-0.05, 0) is 58.0 Å². The summed E-state index contributed by atoms with van der Waals surface area (Å²) in [6.07, 6.45) is 6.21. The van der Waals surface area contributed by atoms with E-state index in [1.54, 1.807) is 7.05 Å². The molecule has 3 atom stereocenters.